The quantitative estimate of drug-likeness (QED) is 0.453. The lowest BCUT2D eigenvalue weighted by atomic mass is 9.73. The summed E-state index contributed by atoms with van der Waals surface area (Å²) in [5.41, 5.74) is 5.04. The van der Waals surface area contributed by atoms with Crippen molar-refractivity contribution in [2.24, 2.45) is 5.92 Å². The SMILES string of the molecule is C/C=C/[C@@H]1c2ccccc2N[C@@H]2c3c(nc4ccccn4c3=O)N(Cc3ccccc3)C[C@@H]12. The predicted molar refractivity (Wildman–Crippen MR) is 133 cm³/mol. The maximum absolute atomic E-state index is 13.8. The molecule has 5 nitrogen and oxygen atoms in total. The van der Waals surface area contributed by atoms with Gasteiger partial charge in [0.05, 0.1) is 11.6 Å². The largest absolute Gasteiger partial charge is 0.377 e. The van der Waals surface area contributed by atoms with Crippen LogP contribution in [0.4, 0.5) is 11.5 Å². The first-order valence-corrected chi connectivity index (χ1v) is 11.5. The van der Waals surface area contributed by atoms with E-state index in [0.29, 0.717) is 5.65 Å². The van der Waals surface area contributed by atoms with Crippen molar-refractivity contribution in [3.8, 4) is 0 Å². The van der Waals surface area contributed by atoms with Gasteiger partial charge in [0.15, 0.2) is 0 Å². The molecule has 2 aromatic heterocycles. The maximum Gasteiger partial charge on any atom is 0.265 e. The Hall–Kier alpha value is -3.86. The number of aromatic nitrogens is 2. The number of nitrogens with zero attached hydrogens (tertiary/aromatic N) is 3. The zero-order chi connectivity index (χ0) is 22.4. The summed E-state index contributed by atoms with van der Waals surface area (Å²) in [4.78, 5) is 21.1. The summed E-state index contributed by atoms with van der Waals surface area (Å²) in [6.07, 6.45) is 6.23. The second-order valence-corrected chi connectivity index (χ2v) is 8.87. The summed E-state index contributed by atoms with van der Waals surface area (Å²) in [5, 5.41) is 3.72. The minimum absolute atomic E-state index is 0.00877. The van der Waals surface area contributed by atoms with Crippen molar-refractivity contribution in [3.05, 3.63) is 118 Å². The van der Waals surface area contributed by atoms with Crippen molar-refractivity contribution in [1.82, 2.24) is 9.38 Å². The summed E-state index contributed by atoms with van der Waals surface area (Å²) in [5.74, 6) is 1.23. The van der Waals surface area contributed by atoms with Gasteiger partial charge >= 0.3 is 0 Å². The summed E-state index contributed by atoms with van der Waals surface area (Å²) >= 11 is 0. The lowest BCUT2D eigenvalue weighted by Crippen LogP contribution is -2.47. The Morgan fingerprint density at radius 2 is 1.82 bits per heavy atom. The Morgan fingerprint density at radius 3 is 2.67 bits per heavy atom. The van der Waals surface area contributed by atoms with E-state index in [-0.39, 0.29) is 23.4 Å². The third kappa shape index (κ3) is 3.23. The zero-order valence-corrected chi connectivity index (χ0v) is 18.6. The molecule has 0 fully saturated rings. The van der Waals surface area contributed by atoms with E-state index in [1.165, 1.54) is 11.1 Å². The molecule has 0 saturated heterocycles. The van der Waals surface area contributed by atoms with Crippen molar-refractivity contribution in [2.75, 3.05) is 16.8 Å². The van der Waals surface area contributed by atoms with Gasteiger partial charge in [0.1, 0.15) is 11.5 Å². The van der Waals surface area contributed by atoms with Gasteiger partial charge in [0.2, 0.25) is 0 Å². The number of hydrogen-bond acceptors (Lipinski definition) is 4. The van der Waals surface area contributed by atoms with Crippen molar-refractivity contribution in [3.63, 3.8) is 0 Å². The van der Waals surface area contributed by atoms with Crippen LogP contribution < -0.4 is 15.8 Å². The molecule has 0 radical (unpaired) electrons. The standard InChI is InChI=1S/C28H26N4O/c1-2-10-20-21-13-6-7-14-23(21)29-26-22(20)18-31(17-19-11-4-3-5-12-19)27-25(26)28(33)32-16-9-8-15-24(32)30-27/h2-16,20,22,26,29H,17-18H2,1H3/b10-2+/t20-,22+,26+/m1/s1. The molecule has 2 aliphatic rings. The Bertz CT molecular complexity index is 1410. The van der Waals surface area contributed by atoms with Crippen LogP contribution in [0.25, 0.3) is 5.65 Å². The third-order valence-corrected chi connectivity index (χ3v) is 6.93. The molecule has 3 atom stereocenters. The molecule has 4 aromatic rings. The number of rotatable bonds is 3. The van der Waals surface area contributed by atoms with E-state index in [4.69, 9.17) is 4.98 Å². The van der Waals surface area contributed by atoms with Gasteiger partial charge in [0, 0.05) is 36.8 Å². The number of hydrogen-bond donors (Lipinski definition) is 1. The summed E-state index contributed by atoms with van der Waals surface area (Å²) < 4.78 is 1.68. The lowest BCUT2D eigenvalue weighted by Gasteiger charge is -2.46. The molecule has 0 bridgehead atoms. The monoisotopic (exact) mass is 434 g/mol. The van der Waals surface area contributed by atoms with E-state index >= 15 is 0 Å². The fourth-order valence-corrected chi connectivity index (χ4v) is 5.48. The molecular formula is C28H26N4O. The minimum Gasteiger partial charge on any atom is -0.377 e. The lowest BCUT2D eigenvalue weighted by molar-refractivity contribution is 0.374. The number of fused-ring (bicyclic) bond motifs is 5. The Balaban J connectivity index is 1.57. The van der Waals surface area contributed by atoms with Crippen LogP contribution in [0, 0.1) is 5.92 Å². The fourth-order valence-electron chi connectivity index (χ4n) is 5.48. The average molecular weight is 435 g/mol. The van der Waals surface area contributed by atoms with Crippen molar-refractivity contribution < 1.29 is 0 Å². The van der Waals surface area contributed by atoms with Crippen LogP contribution in [0.3, 0.4) is 0 Å². The molecule has 5 heteroatoms. The Morgan fingerprint density at radius 1 is 1.03 bits per heavy atom. The highest BCUT2D eigenvalue weighted by atomic mass is 16.1. The number of benzene rings is 2. The molecule has 2 aromatic carbocycles. The second kappa shape index (κ2) is 7.93. The van der Waals surface area contributed by atoms with E-state index in [2.05, 4.69) is 77.8 Å². The smallest absolute Gasteiger partial charge is 0.265 e. The van der Waals surface area contributed by atoms with Gasteiger partial charge in [-0.15, -0.1) is 0 Å². The highest BCUT2D eigenvalue weighted by molar-refractivity contribution is 5.65. The maximum atomic E-state index is 13.8. The minimum atomic E-state index is -0.0970. The highest BCUT2D eigenvalue weighted by Crippen LogP contribution is 2.49. The normalized spacial score (nSPS) is 21.4. The molecule has 0 spiro atoms. The number of anilines is 2. The van der Waals surface area contributed by atoms with Crippen LogP contribution in [0.15, 0.2) is 95.9 Å². The van der Waals surface area contributed by atoms with Gasteiger partial charge in [-0.2, -0.15) is 0 Å². The van der Waals surface area contributed by atoms with Crippen LogP contribution in [-0.2, 0) is 6.54 Å². The zero-order valence-electron chi connectivity index (χ0n) is 18.6. The molecule has 33 heavy (non-hydrogen) atoms. The second-order valence-electron chi connectivity index (χ2n) is 8.87. The first-order chi connectivity index (χ1) is 16.2. The number of para-hydroxylation sites is 1. The Kier molecular flexibility index (Phi) is 4.75. The van der Waals surface area contributed by atoms with Gasteiger partial charge in [-0.3, -0.25) is 9.20 Å². The fraction of sp³-hybridized carbons (Fsp3) is 0.214. The van der Waals surface area contributed by atoms with Crippen LogP contribution in [0.5, 0.6) is 0 Å². The molecule has 2 aliphatic heterocycles. The molecule has 0 saturated carbocycles. The van der Waals surface area contributed by atoms with Crippen LogP contribution in [0.2, 0.25) is 0 Å². The summed E-state index contributed by atoms with van der Waals surface area (Å²) in [6.45, 7) is 3.61. The molecule has 0 unspecified atom stereocenters. The summed E-state index contributed by atoms with van der Waals surface area (Å²) in [6, 6.07) is 24.5. The Labute approximate surface area is 193 Å². The molecule has 0 amide bonds. The van der Waals surface area contributed by atoms with Gasteiger partial charge in [-0.1, -0.05) is 66.7 Å². The first kappa shape index (κ1) is 19.8. The molecule has 164 valence electrons. The molecule has 0 aliphatic carbocycles. The van der Waals surface area contributed by atoms with Crippen molar-refractivity contribution in [2.45, 2.75) is 25.4 Å². The number of pyridine rings is 1. The first-order valence-electron chi connectivity index (χ1n) is 11.5. The van der Waals surface area contributed by atoms with Crippen molar-refractivity contribution >= 4 is 17.2 Å². The van der Waals surface area contributed by atoms with E-state index in [1.54, 1.807) is 4.40 Å². The van der Waals surface area contributed by atoms with E-state index in [1.807, 2.05) is 30.5 Å². The van der Waals surface area contributed by atoms with E-state index in [9.17, 15) is 4.79 Å². The molecule has 4 heterocycles. The van der Waals surface area contributed by atoms with Crippen LogP contribution >= 0.6 is 0 Å². The third-order valence-electron chi connectivity index (χ3n) is 6.93. The summed E-state index contributed by atoms with van der Waals surface area (Å²) in [7, 11) is 0. The van der Waals surface area contributed by atoms with E-state index < -0.39 is 0 Å². The number of nitrogens with one attached hydrogen (secondary N) is 1. The molecular weight excluding hydrogens is 408 g/mol. The number of allylic oxidation sites excluding steroid dienone is 2. The molecule has 1 N–H and O–H groups in total. The van der Waals surface area contributed by atoms with Crippen molar-refractivity contribution in [1.29, 1.82) is 0 Å². The molecule has 6 rings (SSSR count). The van der Waals surface area contributed by atoms with Gasteiger partial charge < -0.3 is 10.2 Å². The topological polar surface area (TPSA) is 49.6 Å². The van der Waals surface area contributed by atoms with E-state index in [0.717, 1.165) is 30.2 Å². The average Bonchev–Trinajstić information content (AvgIpc) is 2.85. The van der Waals surface area contributed by atoms with Crippen LogP contribution in [-0.4, -0.2) is 15.9 Å². The van der Waals surface area contributed by atoms with Crippen LogP contribution in [0.1, 0.15) is 35.6 Å². The predicted octanol–water partition coefficient (Wildman–Crippen LogP) is 5.16. The van der Waals surface area contributed by atoms with Gasteiger partial charge in [-0.05, 0) is 36.2 Å². The van der Waals surface area contributed by atoms with Gasteiger partial charge in [-0.25, -0.2) is 4.98 Å². The highest BCUT2D eigenvalue weighted by Gasteiger charge is 2.44. The van der Waals surface area contributed by atoms with Gasteiger partial charge in [0.25, 0.3) is 5.56 Å².